The molecule has 2 rings (SSSR count). The maximum absolute atomic E-state index is 12.7. The number of carbonyl (C=O) groups is 1. The summed E-state index contributed by atoms with van der Waals surface area (Å²) in [7, 11) is -4.12. The number of hydrogen-bond acceptors (Lipinski definition) is 6. The highest BCUT2D eigenvalue weighted by atomic mass is 32.2. The van der Waals surface area contributed by atoms with Gasteiger partial charge in [-0.3, -0.25) is 10.1 Å². The Balaban J connectivity index is 2.53. The highest BCUT2D eigenvalue weighted by Gasteiger charge is 2.28. The number of nitro groups is 1. The molecule has 0 saturated carbocycles. The summed E-state index contributed by atoms with van der Waals surface area (Å²) in [5, 5.41) is 19.9. The molecular formula is C14H13N3O6S. The molecule has 0 unspecified atom stereocenters. The lowest BCUT2D eigenvalue weighted by Gasteiger charge is -2.23. The maximum atomic E-state index is 12.7. The van der Waals surface area contributed by atoms with Crippen molar-refractivity contribution in [1.82, 2.24) is 4.98 Å². The number of nitro benzene ring substituents is 1. The summed E-state index contributed by atoms with van der Waals surface area (Å²) in [5.41, 5.74) is -0.508. The number of sulfonamides is 1. The quantitative estimate of drug-likeness (QED) is 0.621. The van der Waals surface area contributed by atoms with Crippen molar-refractivity contribution in [3.63, 3.8) is 0 Å². The third-order valence-electron chi connectivity index (χ3n) is 3.18. The van der Waals surface area contributed by atoms with Crippen LogP contribution in [-0.4, -0.2) is 35.9 Å². The highest BCUT2D eigenvalue weighted by molar-refractivity contribution is 7.92. The van der Waals surface area contributed by atoms with Gasteiger partial charge in [-0.2, -0.15) is 0 Å². The van der Waals surface area contributed by atoms with Crippen molar-refractivity contribution in [3.8, 4) is 0 Å². The molecule has 1 N–H and O–H groups in total. The van der Waals surface area contributed by atoms with E-state index in [-0.39, 0.29) is 28.5 Å². The molecule has 0 radical (unpaired) electrons. The number of aromatic carboxylic acids is 1. The van der Waals surface area contributed by atoms with Crippen molar-refractivity contribution in [1.29, 1.82) is 0 Å². The summed E-state index contributed by atoms with van der Waals surface area (Å²) in [5.74, 6) is -1.53. The third kappa shape index (κ3) is 3.18. The molecule has 24 heavy (non-hydrogen) atoms. The van der Waals surface area contributed by atoms with Crippen molar-refractivity contribution >= 4 is 27.5 Å². The first-order chi connectivity index (χ1) is 11.3. The van der Waals surface area contributed by atoms with Gasteiger partial charge in [0.05, 0.1) is 9.82 Å². The monoisotopic (exact) mass is 351 g/mol. The first-order valence-electron chi connectivity index (χ1n) is 6.74. The predicted octanol–water partition coefficient (Wildman–Crippen LogP) is 1.90. The number of aromatic nitrogens is 1. The fourth-order valence-electron chi connectivity index (χ4n) is 2.06. The Morgan fingerprint density at radius 1 is 1.29 bits per heavy atom. The molecule has 10 heteroatoms. The van der Waals surface area contributed by atoms with Crippen molar-refractivity contribution in [2.75, 3.05) is 10.8 Å². The highest BCUT2D eigenvalue weighted by Crippen LogP contribution is 2.26. The molecule has 0 atom stereocenters. The molecule has 126 valence electrons. The van der Waals surface area contributed by atoms with Crippen LogP contribution < -0.4 is 4.31 Å². The number of rotatable bonds is 6. The second-order valence-electron chi connectivity index (χ2n) is 4.60. The van der Waals surface area contributed by atoms with Gasteiger partial charge >= 0.3 is 5.97 Å². The van der Waals surface area contributed by atoms with Gasteiger partial charge in [-0.15, -0.1) is 0 Å². The van der Waals surface area contributed by atoms with E-state index in [1.54, 1.807) is 0 Å². The summed E-state index contributed by atoms with van der Waals surface area (Å²) < 4.78 is 26.3. The number of benzene rings is 1. The van der Waals surface area contributed by atoms with Gasteiger partial charge < -0.3 is 5.11 Å². The molecule has 0 amide bonds. The van der Waals surface area contributed by atoms with Gasteiger partial charge in [0.2, 0.25) is 0 Å². The molecular weight excluding hydrogens is 338 g/mol. The molecule has 0 aliphatic rings. The lowest BCUT2D eigenvalue weighted by Crippen LogP contribution is -2.33. The van der Waals surface area contributed by atoms with Crippen molar-refractivity contribution in [2.24, 2.45) is 0 Å². The Bertz CT molecular complexity index is 880. The number of hydrogen-bond donors (Lipinski definition) is 1. The molecule has 9 nitrogen and oxygen atoms in total. The zero-order valence-electron chi connectivity index (χ0n) is 12.5. The minimum atomic E-state index is -4.12. The topological polar surface area (TPSA) is 131 Å². The van der Waals surface area contributed by atoms with Gasteiger partial charge in [0.25, 0.3) is 15.7 Å². The summed E-state index contributed by atoms with van der Waals surface area (Å²) in [6.07, 6.45) is 1.29. The van der Waals surface area contributed by atoms with Crippen LogP contribution in [0.2, 0.25) is 0 Å². The van der Waals surface area contributed by atoms with Gasteiger partial charge in [0.1, 0.15) is 5.56 Å². The largest absolute Gasteiger partial charge is 0.478 e. The number of carboxylic acid groups (broad SMARTS) is 1. The van der Waals surface area contributed by atoms with E-state index in [1.165, 1.54) is 25.3 Å². The van der Waals surface area contributed by atoms with Crippen LogP contribution in [0.1, 0.15) is 17.3 Å². The van der Waals surface area contributed by atoms with Crippen molar-refractivity contribution in [3.05, 3.63) is 58.3 Å². The summed E-state index contributed by atoms with van der Waals surface area (Å²) in [4.78, 5) is 25.0. The summed E-state index contributed by atoms with van der Waals surface area (Å²) in [6, 6.07) is 6.96. The summed E-state index contributed by atoms with van der Waals surface area (Å²) >= 11 is 0. The Kier molecular flexibility index (Phi) is 4.79. The van der Waals surface area contributed by atoms with E-state index in [0.717, 1.165) is 28.6 Å². The molecule has 0 spiro atoms. The van der Waals surface area contributed by atoms with Crippen LogP contribution >= 0.6 is 0 Å². The predicted molar refractivity (Wildman–Crippen MR) is 84.5 cm³/mol. The molecule has 0 saturated heterocycles. The maximum Gasteiger partial charge on any atom is 0.339 e. The fourth-order valence-corrected chi connectivity index (χ4v) is 3.51. The molecule has 1 aromatic heterocycles. The number of carboxylic acids is 1. The molecule has 1 heterocycles. The van der Waals surface area contributed by atoms with E-state index >= 15 is 0 Å². The smallest absolute Gasteiger partial charge is 0.339 e. The van der Waals surface area contributed by atoms with E-state index in [1.807, 2.05) is 0 Å². The zero-order chi connectivity index (χ0) is 17.9. The molecule has 0 fully saturated rings. The lowest BCUT2D eigenvalue weighted by molar-refractivity contribution is -0.384. The van der Waals surface area contributed by atoms with Crippen LogP contribution in [0, 0.1) is 10.1 Å². The molecule has 0 aliphatic carbocycles. The van der Waals surface area contributed by atoms with Crippen LogP contribution in [0.5, 0.6) is 0 Å². The third-order valence-corrected chi connectivity index (χ3v) is 5.06. The van der Waals surface area contributed by atoms with Gasteiger partial charge in [-0.05, 0) is 31.2 Å². The number of non-ortho nitro benzene ring substituents is 1. The minimum Gasteiger partial charge on any atom is -0.478 e. The Labute approximate surface area is 137 Å². The second-order valence-corrected chi connectivity index (χ2v) is 6.46. The Hall–Kier alpha value is -3.01. The fraction of sp³-hybridized carbons (Fsp3) is 0.143. The number of anilines is 1. The number of nitrogens with zero attached hydrogens (tertiary/aromatic N) is 3. The Morgan fingerprint density at radius 3 is 2.42 bits per heavy atom. The number of pyridine rings is 1. The standard InChI is InChI=1S/C14H13N3O6S/c1-2-16(13-12(14(18)19)4-3-9-15-13)24(22,23)11-7-5-10(6-8-11)17(20)21/h3-9H,2H2,1H3,(H,18,19). The van der Waals surface area contributed by atoms with E-state index in [9.17, 15) is 28.4 Å². The normalized spacial score (nSPS) is 11.0. The van der Waals surface area contributed by atoms with Crippen LogP contribution in [0.25, 0.3) is 0 Å². The molecule has 0 aliphatic heterocycles. The van der Waals surface area contributed by atoms with E-state index in [0.29, 0.717) is 0 Å². The van der Waals surface area contributed by atoms with E-state index in [4.69, 9.17) is 0 Å². The van der Waals surface area contributed by atoms with Crippen molar-refractivity contribution < 1.29 is 23.2 Å². The van der Waals surface area contributed by atoms with Crippen molar-refractivity contribution in [2.45, 2.75) is 11.8 Å². The zero-order valence-corrected chi connectivity index (χ0v) is 13.3. The average molecular weight is 351 g/mol. The van der Waals surface area contributed by atoms with Gasteiger partial charge in [0, 0.05) is 24.9 Å². The van der Waals surface area contributed by atoms with Crippen LogP contribution in [0.15, 0.2) is 47.5 Å². The van der Waals surface area contributed by atoms with Gasteiger partial charge in [-0.1, -0.05) is 0 Å². The lowest BCUT2D eigenvalue weighted by atomic mass is 10.2. The van der Waals surface area contributed by atoms with Crippen LogP contribution in [-0.2, 0) is 10.0 Å². The van der Waals surface area contributed by atoms with Gasteiger partial charge in [0.15, 0.2) is 5.82 Å². The average Bonchev–Trinajstić information content (AvgIpc) is 2.55. The van der Waals surface area contributed by atoms with E-state index in [2.05, 4.69) is 4.98 Å². The molecule has 1 aromatic carbocycles. The Morgan fingerprint density at radius 2 is 1.92 bits per heavy atom. The SMILES string of the molecule is CCN(c1ncccc1C(=O)O)S(=O)(=O)c1ccc([N+](=O)[O-])cc1. The van der Waals surface area contributed by atoms with Crippen LogP contribution in [0.4, 0.5) is 11.5 Å². The summed E-state index contributed by atoms with van der Waals surface area (Å²) in [6.45, 7) is 1.47. The van der Waals surface area contributed by atoms with Gasteiger partial charge in [-0.25, -0.2) is 22.5 Å². The van der Waals surface area contributed by atoms with E-state index < -0.39 is 20.9 Å². The first-order valence-corrected chi connectivity index (χ1v) is 8.18. The first kappa shape index (κ1) is 17.3. The molecule has 0 bridgehead atoms. The second kappa shape index (κ2) is 6.62. The minimum absolute atomic E-state index is 0.0589. The molecule has 2 aromatic rings. The van der Waals surface area contributed by atoms with Crippen LogP contribution in [0.3, 0.4) is 0 Å².